The first-order valence-corrected chi connectivity index (χ1v) is 8.62. The van der Waals surface area contributed by atoms with Crippen molar-refractivity contribution in [2.24, 2.45) is 0 Å². The van der Waals surface area contributed by atoms with E-state index in [1.807, 2.05) is 17.6 Å². The van der Waals surface area contributed by atoms with Crippen LogP contribution in [0, 0.1) is 0 Å². The van der Waals surface area contributed by atoms with Crippen LogP contribution in [0.3, 0.4) is 0 Å². The van der Waals surface area contributed by atoms with Gasteiger partial charge < -0.3 is 10.6 Å². The van der Waals surface area contributed by atoms with Gasteiger partial charge in [0.15, 0.2) is 5.65 Å². The van der Waals surface area contributed by atoms with Crippen LogP contribution < -0.4 is 5.73 Å². The Kier molecular flexibility index (Phi) is 4.43. The highest BCUT2D eigenvalue weighted by atomic mass is 16.2. The Morgan fingerprint density at radius 1 is 1.35 bits per heavy atom. The summed E-state index contributed by atoms with van der Waals surface area (Å²) >= 11 is 0. The number of nitrogen functional groups attached to an aromatic ring is 1. The highest BCUT2D eigenvalue weighted by molar-refractivity contribution is 5.96. The summed E-state index contributed by atoms with van der Waals surface area (Å²) in [6, 6.07) is 3.73. The molecule has 0 aromatic carbocycles. The molecule has 0 saturated heterocycles. The van der Waals surface area contributed by atoms with E-state index in [1.54, 1.807) is 24.2 Å². The summed E-state index contributed by atoms with van der Waals surface area (Å²) in [5.41, 5.74) is 9.51. The molecule has 3 rings (SSSR count). The number of nitrogens with one attached hydrogen (secondary N) is 1. The van der Waals surface area contributed by atoms with E-state index < -0.39 is 0 Å². The van der Waals surface area contributed by atoms with Crippen LogP contribution in [-0.2, 0) is 18.5 Å². The zero-order chi connectivity index (χ0) is 19.1. The van der Waals surface area contributed by atoms with Crippen LogP contribution in [0.4, 0.5) is 5.95 Å². The van der Waals surface area contributed by atoms with Gasteiger partial charge in [0.25, 0.3) is 5.91 Å². The number of imidazole rings is 1. The summed E-state index contributed by atoms with van der Waals surface area (Å²) in [6.45, 7) is 9.39. The first kappa shape index (κ1) is 17.9. The number of carbonyl (C=O) groups excluding carboxylic acids is 1. The van der Waals surface area contributed by atoms with Gasteiger partial charge in [0, 0.05) is 25.2 Å². The lowest BCUT2D eigenvalue weighted by molar-refractivity contribution is 0.0783. The summed E-state index contributed by atoms with van der Waals surface area (Å²) in [7, 11) is 1.75. The largest absolute Gasteiger partial charge is 0.369 e. The van der Waals surface area contributed by atoms with E-state index in [9.17, 15) is 4.79 Å². The molecule has 0 unspecified atom stereocenters. The molecule has 0 atom stereocenters. The van der Waals surface area contributed by atoms with Gasteiger partial charge in [0.1, 0.15) is 5.52 Å². The number of fused-ring (bicyclic) bond motifs is 1. The van der Waals surface area contributed by atoms with Crippen molar-refractivity contribution in [1.29, 1.82) is 0 Å². The lowest BCUT2D eigenvalue weighted by Gasteiger charge is -2.16. The molecule has 8 nitrogen and oxygen atoms in total. The number of nitrogens with zero attached hydrogens (tertiary/aromatic N) is 5. The molecule has 3 aromatic heterocycles. The zero-order valence-corrected chi connectivity index (χ0v) is 15.9. The number of pyridine rings is 1. The molecule has 0 spiro atoms. The molecule has 0 aliphatic heterocycles. The van der Waals surface area contributed by atoms with Crippen molar-refractivity contribution in [3.8, 4) is 0 Å². The number of amides is 1. The normalized spacial score (nSPS) is 11.9. The topological polar surface area (TPSA) is 106 Å². The predicted octanol–water partition coefficient (Wildman–Crippen LogP) is 2.33. The molecule has 0 saturated carbocycles. The lowest BCUT2D eigenvalue weighted by Crippen LogP contribution is -2.26. The highest BCUT2D eigenvalue weighted by Crippen LogP contribution is 2.21. The molecule has 0 fully saturated rings. The van der Waals surface area contributed by atoms with Crippen LogP contribution >= 0.6 is 0 Å². The first-order valence-electron chi connectivity index (χ1n) is 8.62. The van der Waals surface area contributed by atoms with Crippen LogP contribution in [0.5, 0.6) is 0 Å². The first-order chi connectivity index (χ1) is 12.2. The molecule has 3 heterocycles. The summed E-state index contributed by atoms with van der Waals surface area (Å²) in [6.07, 6.45) is 1.57. The van der Waals surface area contributed by atoms with Crippen LogP contribution in [0.25, 0.3) is 11.2 Å². The third kappa shape index (κ3) is 3.26. The fraction of sp³-hybridized carbons (Fsp3) is 0.444. The highest BCUT2D eigenvalue weighted by Gasteiger charge is 2.20. The molecule has 3 N–H and O–H groups in total. The Bertz CT molecular complexity index is 948. The Balaban J connectivity index is 1.80. The van der Waals surface area contributed by atoms with Crippen molar-refractivity contribution in [1.82, 2.24) is 29.6 Å². The number of hydrogen-bond donors (Lipinski definition) is 2. The Morgan fingerprint density at radius 3 is 2.69 bits per heavy atom. The number of hydrogen-bond acceptors (Lipinski definition) is 5. The van der Waals surface area contributed by atoms with Crippen LogP contribution in [0.1, 0.15) is 49.4 Å². The number of aromatic amines is 1. The predicted molar refractivity (Wildman–Crippen MR) is 101 cm³/mol. The maximum absolute atomic E-state index is 12.7. The Hall–Kier alpha value is -2.90. The van der Waals surface area contributed by atoms with Crippen LogP contribution in [0.15, 0.2) is 18.3 Å². The van der Waals surface area contributed by atoms with Gasteiger partial charge in [-0.05, 0) is 19.1 Å². The second kappa shape index (κ2) is 6.44. The molecule has 8 heteroatoms. The van der Waals surface area contributed by atoms with Crippen molar-refractivity contribution < 1.29 is 4.79 Å². The SMILES string of the molecule is CCn1c(N)nc2cc(C(=O)N(C)Cc3cc(C(C)(C)C)n[nH]3)cnc21. The fourth-order valence-corrected chi connectivity index (χ4v) is 2.83. The fourth-order valence-electron chi connectivity index (χ4n) is 2.83. The monoisotopic (exact) mass is 355 g/mol. The Morgan fingerprint density at radius 2 is 2.08 bits per heavy atom. The van der Waals surface area contributed by atoms with Crippen molar-refractivity contribution >= 4 is 23.0 Å². The maximum atomic E-state index is 12.7. The van der Waals surface area contributed by atoms with E-state index in [0.29, 0.717) is 35.8 Å². The quantitative estimate of drug-likeness (QED) is 0.747. The van der Waals surface area contributed by atoms with Crippen molar-refractivity contribution in [3.05, 3.63) is 35.3 Å². The molecule has 0 radical (unpaired) electrons. The van der Waals surface area contributed by atoms with Crippen molar-refractivity contribution in [2.75, 3.05) is 12.8 Å². The third-order valence-electron chi connectivity index (χ3n) is 4.33. The van der Waals surface area contributed by atoms with Crippen molar-refractivity contribution in [3.63, 3.8) is 0 Å². The number of nitrogens with two attached hydrogens (primary N) is 1. The lowest BCUT2D eigenvalue weighted by atomic mass is 9.92. The van der Waals surface area contributed by atoms with Gasteiger partial charge in [-0.2, -0.15) is 5.10 Å². The van der Waals surface area contributed by atoms with Crippen LogP contribution in [0.2, 0.25) is 0 Å². The van der Waals surface area contributed by atoms with Gasteiger partial charge in [-0.25, -0.2) is 9.97 Å². The number of H-pyrrole nitrogens is 1. The molecule has 138 valence electrons. The summed E-state index contributed by atoms with van der Waals surface area (Å²) in [4.78, 5) is 23.0. The van der Waals surface area contributed by atoms with Gasteiger partial charge in [0.05, 0.1) is 23.5 Å². The van der Waals surface area contributed by atoms with Gasteiger partial charge in [0.2, 0.25) is 5.95 Å². The minimum atomic E-state index is -0.129. The number of rotatable bonds is 4. The minimum absolute atomic E-state index is 0.0374. The number of anilines is 1. The second-order valence-corrected chi connectivity index (χ2v) is 7.47. The van der Waals surface area contributed by atoms with Gasteiger partial charge in [-0.1, -0.05) is 20.8 Å². The van der Waals surface area contributed by atoms with Crippen molar-refractivity contribution in [2.45, 2.75) is 46.2 Å². The number of aromatic nitrogens is 5. The molecule has 3 aromatic rings. The van der Waals surface area contributed by atoms with Gasteiger partial charge in [-0.3, -0.25) is 14.5 Å². The Labute approximate surface area is 152 Å². The van der Waals surface area contributed by atoms with E-state index in [1.165, 1.54) is 0 Å². The number of aryl methyl sites for hydroxylation is 1. The molecule has 1 amide bonds. The smallest absolute Gasteiger partial charge is 0.255 e. The average molecular weight is 355 g/mol. The average Bonchev–Trinajstić information content (AvgIpc) is 3.16. The van der Waals surface area contributed by atoms with Gasteiger partial charge >= 0.3 is 0 Å². The molecule has 26 heavy (non-hydrogen) atoms. The van der Waals surface area contributed by atoms with E-state index in [2.05, 4.69) is 40.9 Å². The third-order valence-corrected chi connectivity index (χ3v) is 4.33. The maximum Gasteiger partial charge on any atom is 0.255 e. The summed E-state index contributed by atoms with van der Waals surface area (Å²) < 4.78 is 1.81. The van der Waals surface area contributed by atoms with Crippen LogP contribution in [-0.4, -0.2) is 42.6 Å². The zero-order valence-electron chi connectivity index (χ0n) is 15.9. The molecular weight excluding hydrogens is 330 g/mol. The van der Waals surface area contributed by atoms with E-state index >= 15 is 0 Å². The molecule has 0 aliphatic rings. The second-order valence-electron chi connectivity index (χ2n) is 7.47. The molecule has 0 aliphatic carbocycles. The van der Waals surface area contributed by atoms with E-state index in [4.69, 9.17) is 5.73 Å². The molecule has 0 bridgehead atoms. The number of carbonyl (C=O) groups is 1. The summed E-state index contributed by atoms with van der Waals surface area (Å²) in [5, 5.41) is 7.34. The van der Waals surface area contributed by atoms with E-state index in [0.717, 1.165) is 11.4 Å². The van der Waals surface area contributed by atoms with Gasteiger partial charge in [-0.15, -0.1) is 0 Å². The van der Waals surface area contributed by atoms with E-state index in [-0.39, 0.29) is 11.3 Å². The molecular formula is C18H25N7O. The minimum Gasteiger partial charge on any atom is -0.369 e. The standard InChI is InChI=1S/C18H25N7O/c1-6-25-15-13(21-17(25)19)7-11(9-20-15)16(26)24(5)10-12-8-14(23-22-12)18(2,3)4/h7-9H,6,10H2,1-5H3,(H2,19,21)(H,22,23). The summed E-state index contributed by atoms with van der Waals surface area (Å²) in [5.74, 6) is 0.274.